The molecule has 182 valence electrons. The summed E-state index contributed by atoms with van der Waals surface area (Å²) in [4.78, 5) is 0. The molecule has 0 saturated heterocycles. The van der Waals surface area contributed by atoms with Crippen LogP contribution in [0.4, 0.5) is 0 Å². The van der Waals surface area contributed by atoms with Crippen molar-refractivity contribution in [2.75, 3.05) is 6.61 Å². The standard InChI is InChI=1S/C28H60OSi/c1-5-7-9-11-13-14-15-16-17-18-19-20-21-22-23-25-27-29-30(3,4)28-26-24-12-10-8-6-2/h5-28H2,1-4H3. The molecule has 0 heterocycles. The third-order valence-corrected chi connectivity index (χ3v) is 9.17. The summed E-state index contributed by atoms with van der Waals surface area (Å²) in [6.07, 6.45) is 31.4. The molecule has 0 aliphatic rings. The first-order chi connectivity index (χ1) is 14.6. The van der Waals surface area contributed by atoms with Crippen LogP contribution in [0, 0.1) is 0 Å². The average molecular weight is 441 g/mol. The predicted octanol–water partition coefficient (Wildman–Crippen LogP) is 10.8. The van der Waals surface area contributed by atoms with Gasteiger partial charge in [-0.1, -0.05) is 149 Å². The molecule has 30 heavy (non-hydrogen) atoms. The molecule has 0 radical (unpaired) electrons. The zero-order valence-corrected chi connectivity index (χ0v) is 22.9. The van der Waals surface area contributed by atoms with Gasteiger partial charge in [0.1, 0.15) is 0 Å². The normalized spacial score (nSPS) is 12.0. The van der Waals surface area contributed by atoms with Gasteiger partial charge in [0.15, 0.2) is 8.32 Å². The van der Waals surface area contributed by atoms with E-state index in [1.807, 2.05) is 0 Å². The van der Waals surface area contributed by atoms with Crippen LogP contribution >= 0.6 is 0 Å². The highest BCUT2D eigenvalue weighted by Gasteiger charge is 2.21. The van der Waals surface area contributed by atoms with Gasteiger partial charge in [-0.15, -0.1) is 0 Å². The molecule has 0 unspecified atom stereocenters. The van der Waals surface area contributed by atoms with E-state index in [1.54, 1.807) is 0 Å². The maximum absolute atomic E-state index is 6.32. The summed E-state index contributed by atoms with van der Waals surface area (Å²) in [5, 5.41) is 0. The lowest BCUT2D eigenvalue weighted by molar-refractivity contribution is 0.292. The Morgan fingerprint density at radius 2 is 0.700 bits per heavy atom. The lowest BCUT2D eigenvalue weighted by Crippen LogP contribution is -2.30. The van der Waals surface area contributed by atoms with Crippen molar-refractivity contribution in [1.29, 1.82) is 0 Å². The summed E-state index contributed by atoms with van der Waals surface area (Å²) in [6, 6.07) is 1.36. The van der Waals surface area contributed by atoms with Crippen LogP contribution < -0.4 is 0 Å². The van der Waals surface area contributed by atoms with Gasteiger partial charge in [0, 0.05) is 6.61 Å². The molecule has 0 atom stereocenters. The Labute approximate surface area is 193 Å². The fourth-order valence-corrected chi connectivity index (χ4v) is 6.34. The minimum atomic E-state index is -1.38. The first-order valence-corrected chi connectivity index (χ1v) is 17.4. The van der Waals surface area contributed by atoms with Crippen LogP contribution in [0.5, 0.6) is 0 Å². The fraction of sp³-hybridized carbons (Fsp3) is 1.00. The molecule has 0 spiro atoms. The maximum atomic E-state index is 6.32. The van der Waals surface area contributed by atoms with Crippen LogP contribution in [0.3, 0.4) is 0 Å². The van der Waals surface area contributed by atoms with Crippen molar-refractivity contribution >= 4 is 8.32 Å². The number of unbranched alkanes of at least 4 members (excludes halogenated alkanes) is 20. The molecule has 0 aliphatic carbocycles. The molecule has 0 aromatic carbocycles. The molecule has 1 nitrogen and oxygen atoms in total. The van der Waals surface area contributed by atoms with Gasteiger partial charge in [-0.3, -0.25) is 0 Å². The van der Waals surface area contributed by atoms with Gasteiger partial charge in [-0.25, -0.2) is 0 Å². The zero-order valence-electron chi connectivity index (χ0n) is 21.9. The average Bonchev–Trinajstić information content (AvgIpc) is 2.73. The largest absolute Gasteiger partial charge is 0.417 e. The van der Waals surface area contributed by atoms with Gasteiger partial charge in [0.05, 0.1) is 0 Å². The molecule has 0 aliphatic heterocycles. The van der Waals surface area contributed by atoms with E-state index in [4.69, 9.17) is 4.43 Å². The van der Waals surface area contributed by atoms with E-state index in [0.29, 0.717) is 0 Å². The summed E-state index contributed by atoms with van der Waals surface area (Å²) in [6.45, 7) is 10.5. The topological polar surface area (TPSA) is 9.23 Å². The van der Waals surface area contributed by atoms with Crippen LogP contribution in [0.1, 0.15) is 155 Å². The van der Waals surface area contributed by atoms with Crippen molar-refractivity contribution in [3.8, 4) is 0 Å². The van der Waals surface area contributed by atoms with Gasteiger partial charge in [0.2, 0.25) is 0 Å². The fourth-order valence-electron chi connectivity index (χ4n) is 4.40. The van der Waals surface area contributed by atoms with Gasteiger partial charge >= 0.3 is 0 Å². The highest BCUT2D eigenvalue weighted by molar-refractivity contribution is 6.71. The maximum Gasteiger partial charge on any atom is 0.186 e. The first-order valence-electron chi connectivity index (χ1n) is 14.3. The second-order valence-corrected chi connectivity index (χ2v) is 14.7. The van der Waals surface area contributed by atoms with E-state index in [2.05, 4.69) is 26.9 Å². The highest BCUT2D eigenvalue weighted by atomic mass is 28.4. The van der Waals surface area contributed by atoms with Crippen LogP contribution in [0.25, 0.3) is 0 Å². The SMILES string of the molecule is CCCCCCCCCCCCCCCCCCO[Si](C)(C)CCCCCCCC. The molecule has 0 fully saturated rings. The van der Waals surface area contributed by atoms with Crippen molar-refractivity contribution in [1.82, 2.24) is 0 Å². The summed E-state index contributed by atoms with van der Waals surface area (Å²) in [5.41, 5.74) is 0. The highest BCUT2D eigenvalue weighted by Crippen LogP contribution is 2.18. The van der Waals surface area contributed by atoms with Crippen LogP contribution in [-0.2, 0) is 4.43 Å². The molecule has 2 heteroatoms. The van der Waals surface area contributed by atoms with E-state index in [-0.39, 0.29) is 0 Å². The van der Waals surface area contributed by atoms with Crippen LogP contribution in [-0.4, -0.2) is 14.9 Å². The number of rotatable bonds is 25. The van der Waals surface area contributed by atoms with E-state index in [1.165, 1.54) is 147 Å². The summed E-state index contributed by atoms with van der Waals surface area (Å²) >= 11 is 0. The van der Waals surface area contributed by atoms with Crippen LogP contribution in [0.2, 0.25) is 19.1 Å². The minimum Gasteiger partial charge on any atom is -0.417 e. The van der Waals surface area contributed by atoms with E-state index >= 15 is 0 Å². The van der Waals surface area contributed by atoms with Crippen molar-refractivity contribution in [3.63, 3.8) is 0 Å². The first kappa shape index (κ1) is 30.2. The molecule has 0 bridgehead atoms. The van der Waals surface area contributed by atoms with E-state index in [0.717, 1.165) is 6.61 Å². The second-order valence-electron chi connectivity index (χ2n) is 10.4. The van der Waals surface area contributed by atoms with Crippen molar-refractivity contribution in [3.05, 3.63) is 0 Å². The predicted molar refractivity (Wildman–Crippen MR) is 141 cm³/mol. The Bertz CT molecular complexity index is 316. The monoisotopic (exact) mass is 440 g/mol. The molecule has 0 aromatic heterocycles. The van der Waals surface area contributed by atoms with Crippen molar-refractivity contribution in [2.45, 2.75) is 174 Å². The van der Waals surface area contributed by atoms with Crippen molar-refractivity contribution in [2.24, 2.45) is 0 Å². The summed E-state index contributed by atoms with van der Waals surface area (Å²) < 4.78 is 6.32. The molecular formula is C28H60OSi. The van der Waals surface area contributed by atoms with E-state index in [9.17, 15) is 0 Å². The quantitative estimate of drug-likeness (QED) is 0.101. The smallest absolute Gasteiger partial charge is 0.186 e. The molecule has 0 amide bonds. The second kappa shape index (κ2) is 23.8. The van der Waals surface area contributed by atoms with Crippen molar-refractivity contribution < 1.29 is 4.43 Å². The molecule has 0 saturated carbocycles. The van der Waals surface area contributed by atoms with Gasteiger partial charge in [-0.05, 0) is 25.6 Å². The molecule has 0 N–H and O–H groups in total. The Morgan fingerprint density at radius 1 is 0.400 bits per heavy atom. The lowest BCUT2D eigenvalue weighted by Gasteiger charge is -2.22. The summed E-state index contributed by atoms with van der Waals surface area (Å²) in [7, 11) is -1.38. The lowest BCUT2D eigenvalue weighted by atomic mass is 10.0. The Kier molecular flexibility index (Phi) is 24.0. The number of hydrogen-bond donors (Lipinski definition) is 0. The van der Waals surface area contributed by atoms with Gasteiger partial charge in [0.25, 0.3) is 0 Å². The third-order valence-electron chi connectivity index (χ3n) is 6.62. The Hall–Kier alpha value is 0.177. The van der Waals surface area contributed by atoms with Crippen LogP contribution in [0.15, 0.2) is 0 Å². The number of hydrogen-bond acceptors (Lipinski definition) is 1. The minimum absolute atomic E-state index is 1.02. The Balaban J connectivity index is 3.22. The van der Waals surface area contributed by atoms with Gasteiger partial charge in [-0.2, -0.15) is 0 Å². The van der Waals surface area contributed by atoms with E-state index < -0.39 is 8.32 Å². The summed E-state index contributed by atoms with van der Waals surface area (Å²) in [5.74, 6) is 0. The third kappa shape index (κ3) is 24.4. The molecule has 0 rings (SSSR count). The zero-order chi connectivity index (χ0) is 22.2. The Morgan fingerprint density at radius 3 is 1.07 bits per heavy atom. The van der Waals surface area contributed by atoms with Gasteiger partial charge < -0.3 is 4.43 Å². The molecular weight excluding hydrogens is 380 g/mol. The molecule has 0 aromatic rings.